The van der Waals surface area contributed by atoms with E-state index < -0.39 is 0 Å². The lowest BCUT2D eigenvalue weighted by molar-refractivity contribution is 0.0603. The summed E-state index contributed by atoms with van der Waals surface area (Å²) >= 11 is 3.72. The summed E-state index contributed by atoms with van der Waals surface area (Å²) in [6.45, 7) is 2.04. The molecule has 0 N–H and O–H groups in total. The molecule has 2 bridgehead atoms. The average molecular weight is 308 g/mol. The van der Waals surface area contributed by atoms with Crippen molar-refractivity contribution >= 4 is 21.8 Å². The zero-order valence-corrected chi connectivity index (χ0v) is 12.2. The standard InChI is InChI=1S/C15H18BrNO/c1-10-3-2-4-11(7-10)15(18)17-13-5-6-14(17)9-12(16)8-13/h2-4,7,12-14H,5-6,8-9H2,1H3. The van der Waals surface area contributed by atoms with E-state index in [0.29, 0.717) is 16.9 Å². The van der Waals surface area contributed by atoms with Crippen molar-refractivity contribution in [1.29, 1.82) is 0 Å². The van der Waals surface area contributed by atoms with Gasteiger partial charge in [0.25, 0.3) is 5.91 Å². The average Bonchev–Trinajstić information content (AvgIpc) is 2.61. The molecule has 2 heterocycles. The van der Waals surface area contributed by atoms with Gasteiger partial charge in [-0.25, -0.2) is 0 Å². The predicted octanol–water partition coefficient (Wildman–Crippen LogP) is 3.53. The summed E-state index contributed by atoms with van der Waals surface area (Å²) in [6, 6.07) is 8.84. The van der Waals surface area contributed by atoms with E-state index in [1.807, 2.05) is 31.2 Å². The van der Waals surface area contributed by atoms with Gasteiger partial charge in [0.1, 0.15) is 0 Å². The minimum Gasteiger partial charge on any atom is -0.333 e. The van der Waals surface area contributed by atoms with Crippen LogP contribution in [0.3, 0.4) is 0 Å². The van der Waals surface area contributed by atoms with Gasteiger partial charge >= 0.3 is 0 Å². The van der Waals surface area contributed by atoms with Crippen LogP contribution in [0.25, 0.3) is 0 Å². The molecule has 0 aromatic heterocycles. The Morgan fingerprint density at radius 2 is 1.94 bits per heavy atom. The second kappa shape index (κ2) is 4.69. The molecule has 0 spiro atoms. The lowest BCUT2D eigenvalue weighted by Crippen LogP contribution is -2.46. The number of halogens is 1. The van der Waals surface area contributed by atoms with Gasteiger partial charge in [0.05, 0.1) is 0 Å². The molecule has 1 aromatic carbocycles. The molecule has 2 saturated heterocycles. The van der Waals surface area contributed by atoms with Crippen molar-refractivity contribution in [1.82, 2.24) is 4.90 Å². The van der Waals surface area contributed by atoms with Crippen molar-refractivity contribution in [3.8, 4) is 0 Å². The number of benzene rings is 1. The smallest absolute Gasteiger partial charge is 0.254 e. The second-order valence-corrected chi connectivity index (χ2v) is 6.83. The summed E-state index contributed by atoms with van der Waals surface area (Å²) in [6.07, 6.45) is 4.55. The minimum absolute atomic E-state index is 0.227. The molecule has 1 aromatic rings. The Morgan fingerprint density at radius 1 is 1.28 bits per heavy atom. The van der Waals surface area contributed by atoms with E-state index >= 15 is 0 Å². The van der Waals surface area contributed by atoms with Crippen LogP contribution in [0.2, 0.25) is 0 Å². The highest BCUT2D eigenvalue weighted by molar-refractivity contribution is 9.09. The van der Waals surface area contributed by atoms with E-state index in [1.54, 1.807) is 0 Å². The minimum atomic E-state index is 0.227. The van der Waals surface area contributed by atoms with Gasteiger partial charge in [-0.05, 0) is 44.7 Å². The first-order valence-corrected chi connectivity index (χ1v) is 7.60. The zero-order chi connectivity index (χ0) is 12.7. The Hall–Kier alpha value is -0.830. The zero-order valence-electron chi connectivity index (χ0n) is 10.6. The molecule has 2 unspecified atom stereocenters. The van der Waals surface area contributed by atoms with Crippen molar-refractivity contribution < 1.29 is 4.79 Å². The van der Waals surface area contributed by atoms with Crippen LogP contribution in [0, 0.1) is 6.92 Å². The molecule has 2 nitrogen and oxygen atoms in total. The fourth-order valence-electron chi connectivity index (χ4n) is 3.37. The Kier molecular flexibility index (Phi) is 3.18. The van der Waals surface area contributed by atoms with Crippen LogP contribution in [0.1, 0.15) is 41.6 Å². The Morgan fingerprint density at radius 3 is 2.56 bits per heavy atom. The van der Waals surface area contributed by atoms with E-state index in [1.165, 1.54) is 12.8 Å². The number of rotatable bonds is 1. The van der Waals surface area contributed by atoms with Gasteiger partial charge in [-0.1, -0.05) is 33.6 Å². The van der Waals surface area contributed by atoms with Gasteiger partial charge in [0, 0.05) is 22.5 Å². The van der Waals surface area contributed by atoms with Crippen LogP contribution in [-0.4, -0.2) is 27.7 Å². The summed E-state index contributed by atoms with van der Waals surface area (Å²) in [5.74, 6) is 0.227. The molecule has 1 amide bonds. The number of hydrogen-bond donors (Lipinski definition) is 0. The normalized spacial score (nSPS) is 30.6. The molecule has 3 heteroatoms. The molecule has 0 radical (unpaired) electrons. The van der Waals surface area contributed by atoms with Crippen LogP contribution >= 0.6 is 15.9 Å². The number of nitrogens with zero attached hydrogens (tertiary/aromatic N) is 1. The third kappa shape index (κ3) is 2.09. The Labute approximate surface area is 116 Å². The van der Waals surface area contributed by atoms with E-state index in [2.05, 4.69) is 20.8 Å². The summed E-state index contributed by atoms with van der Waals surface area (Å²) < 4.78 is 0. The lowest BCUT2D eigenvalue weighted by atomic mass is 10.0. The van der Waals surface area contributed by atoms with Crippen molar-refractivity contribution in [3.05, 3.63) is 35.4 Å². The van der Waals surface area contributed by atoms with Crippen LogP contribution < -0.4 is 0 Å². The fourth-order valence-corrected chi connectivity index (χ4v) is 4.23. The van der Waals surface area contributed by atoms with Crippen molar-refractivity contribution in [2.75, 3.05) is 0 Å². The fraction of sp³-hybridized carbons (Fsp3) is 0.533. The van der Waals surface area contributed by atoms with Crippen LogP contribution in [0.5, 0.6) is 0 Å². The summed E-state index contributed by atoms with van der Waals surface area (Å²) in [4.78, 5) is 15.4. The van der Waals surface area contributed by atoms with Crippen molar-refractivity contribution in [3.63, 3.8) is 0 Å². The number of hydrogen-bond acceptors (Lipinski definition) is 1. The van der Waals surface area contributed by atoms with Crippen molar-refractivity contribution in [2.24, 2.45) is 0 Å². The van der Waals surface area contributed by atoms with Crippen LogP contribution in [0.4, 0.5) is 0 Å². The number of fused-ring (bicyclic) bond motifs is 2. The van der Waals surface area contributed by atoms with E-state index in [4.69, 9.17) is 0 Å². The topological polar surface area (TPSA) is 20.3 Å². The molecule has 18 heavy (non-hydrogen) atoms. The van der Waals surface area contributed by atoms with Gasteiger partial charge in [-0.2, -0.15) is 0 Å². The molecule has 2 aliphatic heterocycles. The third-order valence-corrected chi connectivity index (χ3v) is 4.92. The quantitative estimate of drug-likeness (QED) is 0.727. The Balaban J connectivity index is 1.85. The summed E-state index contributed by atoms with van der Waals surface area (Å²) in [5.41, 5.74) is 2.00. The highest BCUT2D eigenvalue weighted by atomic mass is 79.9. The van der Waals surface area contributed by atoms with Gasteiger partial charge < -0.3 is 4.90 Å². The molecular weight excluding hydrogens is 290 g/mol. The molecule has 3 rings (SSSR count). The Bertz CT molecular complexity index is 459. The maximum absolute atomic E-state index is 12.6. The van der Waals surface area contributed by atoms with Gasteiger partial charge in [-0.15, -0.1) is 0 Å². The monoisotopic (exact) mass is 307 g/mol. The maximum atomic E-state index is 12.6. The first-order valence-electron chi connectivity index (χ1n) is 6.68. The van der Waals surface area contributed by atoms with Gasteiger partial charge in [0.2, 0.25) is 0 Å². The van der Waals surface area contributed by atoms with Crippen LogP contribution in [-0.2, 0) is 0 Å². The first-order chi connectivity index (χ1) is 8.65. The number of amides is 1. The summed E-state index contributed by atoms with van der Waals surface area (Å²) in [7, 11) is 0. The summed E-state index contributed by atoms with van der Waals surface area (Å²) in [5, 5.41) is 0. The molecule has 0 saturated carbocycles. The molecule has 2 fully saturated rings. The highest BCUT2D eigenvalue weighted by Gasteiger charge is 2.42. The predicted molar refractivity (Wildman–Crippen MR) is 76.1 cm³/mol. The molecule has 96 valence electrons. The van der Waals surface area contributed by atoms with E-state index in [0.717, 1.165) is 24.0 Å². The van der Waals surface area contributed by atoms with Crippen LogP contribution in [0.15, 0.2) is 24.3 Å². The van der Waals surface area contributed by atoms with Crippen molar-refractivity contribution in [2.45, 2.75) is 49.5 Å². The van der Waals surface area contributed by atoms with Gasteiger partial charge in [-0.3, -0.25) is 4.79 Å². The lowest BCUT2D eigenvalue weighted by Gasteiger charge is -2.37. The van der Waals surface area contributed by atoms with E-state index in [9.17, 15) is 4.79 Å². The first kappa shape index (κ1) is 12.2. The molecule has 2 aliphatic rings. The maximum Gasteiger partial charge on any atom is 0.254 e. The van der Waals surface area contributed by atoms with Gasteiger partial charge in [0.15, 0.2) is 0 Å². The highest BCUT2D eigenvalue weighted by Crippen LogP contribution is 2.39. The molecule has 0 aliphatic carbocycles. The number of carbonyl (C=O) groups is 1. The number of carbonyl (C=O) groups excluding carboxylic acids is 1. The van der Waals surface area contributed by atoms with E-state index in [-0.39, 0.29) is 5.91 Å². The largest absolute Gasteiger partial charge is 0.333 e. The SMILES string of the molecule is Cc1cccc(C(=O)N2C3CCC2CC(Br)C3)c1. The second-order valence-electron chi connectivity index (χ2n) is 5.54. The molecule has 2 atom stereocenters. The number of aryl methyl sites for hydroxylation is 1. The third-order valence-electron chi connectivity index (χ3n) is 4.18. The number of piperidine rings is 1. The molecular formula is C15H18BrNO. The number of alkyl halides is 1.